The first kappa shape index (κ1) is 15.0. The van der Waals surface area contributed by atoms with E-state index in [0.29, 0.717) is 23.7 Å². The van der Waals surface area contributed by atoms with Crippen molar-refractivity contribution in [3.63, 3.8) is 0 Å². The van der Waals surface area contributed by atoms with Crippen molar-refractivity contribution in [3.05, 3.63) is 15.4 Å². The van der Waals surface area contributed by atoms with Crippen LogP contribution in [0.1, 0.15) is 18.4 Å². The maximum absolute atomic E-state index is 12.4. The van der Waals surface area contributed by atoms with E-state index in [2.05, 4.69) is 15.9 Å². The molecule has 1 aromatic heterocycles. The maximum atomic E-state index is 12.4. The molecule has 1 fully saturated rings. The molecule has 1 N–H and O–H groups in total. The first-order valence-corrected chi connectivity index (χ1v) is 8.83. The van der Waals surface area contributed by atoms with E-state index in [1.807, 2.05) is 6.92 Å². The monoisotopic (exact) mass is 367 g/mol. The van der Waals surface area contributed by atoms with Gasteiger partial charge in [-0.25, -0.2) is 8.42 Å². The summed E-state index contributed by atoms with van der Waals surface area (Å²) in [6.45, 7) is 2.54. The van der Waals surface area contributed by atoms with Gasteiger partial charge in [-0.3, -0.25) is 4.79 Å². The van der Waals surface area contributed by atoms with Gasteiger partial charge < -0.3 is 5.11 Å². The van der Waals surface area contributed by atoms with Crippen LogP contribution in [-0.2, 0) is 14.8 Å². The normalized spacial score (nSPS) is 20.8. The third kappa shape index (κ3) is 3.18. The number of thiophene rings is 1. The first-order chi connectivity index (χ1) is 8.80. The van der Waals surface area contributed by atoms with Crippen molar-refractivity contribution >= 4 is 43.3 Å². The molecule has 1 aliphatic heterocycles. The molecule has 0 aliphatic carbocycles. The molecule has 1 aliphatic rings. The van der Waals surface area contributed by atoms with Gasteiger partial charge in [-0.15, -0.1) is 11.3 Å². The lowest BCUT2D eigenvalue weighted by Gasteiger charge is -2.14. The van der Waals surface area contributed by atoms with Crippen LogP contribution >= 0.6 is 27.3 Å². The highest BCUT2D eigenvalue weighted by Crippen LogP contribution is 2.34. The third-order valence-corrected chi connectivity index (χ3v) is 7.59. The van der Waals surface area contributed by atoms with Crippen molar-refractivity contribution < 1.29 is 18.3 Å². The number of rotatable bonds is 4. The van der Waals surface area contributed by atoms with Crippen LogP contribution in [0.5, 0.6) is 0 Å². The molecule has 0 bridgehead atoms. The van der Waals surface area contributed by atoms with Crippen LogP contribution in [0, 0.1) is 12.8 Å². The molecular weight excluding hydrogens is 354 g/mol. The van der Waals surface area contributed by atoms with E-state index in [1.54, 1.807) is 6.07 Å². The maximum Gasteiger partial charge on any atom is 0.303 e. The van der Waals surface area contributed by atoms with E-state index in [1.165, 1.54) is 15.6 Å². The van der Waals surface area contributed by atoms with E-state index < -0.39 is 16.0 Å². The summed E-state index contributed by atoms with van der Waals surface area (Å²) in [5.74, 6) is -0.962. The molecule has 1 saturated heterocycles. The highest BCUT2D eigenvalue weighted by molar-refractivity contribution is 9.11. The van der Waals surface area contributed by atoms with Crippen LogP contribution in [0.3, 0.4) is 0 Å². The molecule has 0 aromatic carbocycles. The molecule has 2 heterocycles. The smallest absolute Gasteiger partial charge is 0.303 e. The number of hydrogen-bond donors (Lipinski definition) is 1. The summed E-state index contributed by atoms with van der Waals surface area (Å²) in [6.07, 6.45) is 0.635. The second kappa shape index (κ2) is 5.51. The highest BCUT2D eigenvalue weighted by atomic mass is 79.9. The molecule has 106 valence electrons. The minimum atomic E-state index is -3.48. The summed E-state index contributed by atoms with van der Waals surface area (Å²) in [7, 11) is -3.48. The molecule has 0 spiro atoms. The van der Waals surface area contributed by atoms with Gasteiger partial charge in [-0.05, 0) is 46.8 Å². The molecule has 1 atom stereocenters. The molecule has 1 aromatic rings. The fraction of sp³-hybridized carbons (Fsp3) is 0.545. The van der Waals surface area contributed by atoms with Crippen LogP contribution < -0.4 is 0 Å². The topological polar surface area (TPSA) is 74.7 Å². The van der Waals surface area contributed by atoms with E-state index in [9.17, 15) is 13.2 Å². The summed E-state index contributed by atoms with van der Waals surface area (Å²) in [6, 6.07) is 1.65. The minimum Gasteiger partial charge on any atom is -0.481 e. The van der Waals surface area contributed by atoms with Gasteiger partial charge in [0.2, 0.25) is 0 Å². The number of hydrogen-bond acceptors (Lipinski definition) is 4. The average molecular weight is 368 g/mol. The van der Waals surface area contributed by atoms with Crippen LogP contribution in [-0.4, -0.2) is 36.9 Å². The van der Waals surface area contributed by atoms with Gasteiger partial charge >= 0.3 is 5.97 Å². The molecule has 0 amide bonds. The molecule has 8 heteroatoms. The predicted molar refractivity (Wildman–Crippen MR) is 75.9 cm³/mol. The highest BCUT2D eigenvalue weighted by Gasteiger charge is 2.34. The Morgan fingerprint density at radius 1 is 1.63 bits per heavy atom. The SMILES string of the molecule is Cc1cc(S(=O)(=O)N2CCC(CC(=O)O)C2)sc1Br. The number of aryl methyl sites for hydroxylation is 1. The number of carboxylic acids is 1. The van der Waals surface area contributed by atoms with E-state index in [0.717, 1.165) is 9.35 Å². The van der Waals surface area contributed by atoms with E-state index in [4.69, 9.17) is 5.11 Å². The Kier molecular flexibility index (Phi) is 4.34. The molecule has 1 unspecified atom stereocenters. The van der Waals surface area contributed by atoms with Crippen LogP contribution in [0.4, 0.5) is 0 Å². The van der Waals surface area contributed by atoms with Crippen molar-refractivity contribution in [2.24, 2.45) is 5.92 Å². The molecule has 2 rings (SSSR count). The standard InChI is InChI=1S/C11H14BrNO4S2/c1-7-4-10(18-11(7)12)19(16,17)13-3-2-8(6-13)5-9(14)15/h4,8H,2-3,5-6H2,1H3,(H,14,15). The van der Waals surface area contributed by atoms with Crippen molar-refractivity contribution in [2.45, 2.75) is 24.0 Å². The number of nitrogens with zero attached hydrogens (tertiary/aromatic N) is 1. The van der Waals surface area contributed by atoms with Gasteiger partial charge in [0, 0.05) is 19.5 Å². The average Bonchev–Trinajstić information content (AvgIpc) is 2.87. The van der Waals surface area contributed by atoms with Gasteiger partial charge in [0.15, 0.2) is 0 Å². The second-order valence-corrected chi connectivity index (χ2v) is 9.17. The van der Waals surface area contributed by atoms with E-state index >= 15 is 0 Å². The summed E-state index contributed by atoms with van der Waals surface area (Å²) in [5, 5.41) is 8.75. The Hall–Kier alpha value is -0.440. The quantitative estimate of drug-likeness (QED) is 0.885. The Balaban J connectivity index is 2.16. The van der Waals surface area contributed by atoms with Crippen LogP contribution in [0.25, 0.3) is 0 Å². The zero-order chi connectivity index (χ0) is 14.2. The molecule has 19 heavy (non-hydrogen) atoms. The number of sulfonamides is 1. The molecular formula is C11H14BrNO4S2. The largest absolute Gasteiger partial charge is 0.481 e. The predicted octanol–water partition coefficient (Wildman–Crippen LogP) is 2.30. The lowest BCUT2D eigenvalue weighted by atomic mass is 10.1. The van der Waals surface area contributed by atoms with Gasteiger partial charge in [-0.2, -0.15) is 4.31 Å². The van der Waals surface area contributed by atoms with Crippen LogP contribution in [0.2, 0.25) is 0 Å². The number of halogens is 1. The fourth-order valence-electron chi connectivity index (χ4n) is 2.12. The Morgan fingerprint density at radius 2 is 2.32 bits per heavy atom. The number of carbonyl (C=O) groups is 1. The summed E-state index contributed by atoms with van der Waals surface area (Å²) in [5.41, 5.74) is 0.893. The zero-order valence-corrected chi connectivity index (χ0v) is 13.5. The summed E-state index contributed by atoms with van der Waals surface area (Å²) in [4.78, 5) is 10.7. The minimum absolute atomic E-state index is 0.0270. The molecule has 0 saturated carbocycles. The van der Waals surface area contributed by atoms with Crippen molar-refractivity contribution in [1.82, 2.24) is 4.31 Å². The third-order valence-electron chi connectivity index (χ3n) is 3.14. The Morgan fingerprint density at radius 3 is 2.84 bits per heavy atom. The van der Waals surface area contributed by atoms with Gasteiger partial charge in [0.1, 0.15) is 4.21 Å². The van der Waals surface area contributed by atoms with Crippen molar-refractivity contribution in [2.75, 3.05) is 13.1 Å². The van der Waals surface area contributed by atoms with Crippen LogP contribution in [0.15, 0.2) is 14.1 Å². The lowest BCUT2D eigenvalue weighted by molar-refractivity contribution is -0.137. The first-order valence-electron chi connectivity index (χ1n) is 5.78. The number of carboxylic acid groups (broad SMARTS) is 1. The Bertz CT molecular complexity index is 576. The van der Waals surface area contributed by atoms with Gasteiger partial charge in [0.05, 0.1) is 3.79 Å². The van der Waals surface area contributed by atoms with Crippen molar-refractivity contribution in [1.29, 1.82) is 0 Å². The lowest BCUT2D eigenvalue weighted by Crippen LogP contribution is -2.28. The van der Waals surface area contributed by atoms with Gasteiger partial charge in [0.25, 0.3) is 10.0 Å². The van der Waals surface area contributed by atoms with E-state index in [-0.39, 0.29) is 12.3 Å². The van der Waals surface area contributed by atoms with Gasteiger partial charge in [-0.1, -0.05) is 0 Å². The number of aliphatic carboxylic acids is 1. The summed E-state index contributed by atoms with van der Waals surface area (Å²) < 4.78 is 27.3. The zero-order valence-electron chi connectivity index (χ0n) is 10.3. The fourth-order valence-corrected chi connectivity index (χ4v) is 6.03. The Labute approximate surface area is 124 Å². The molecule has 0 radical (unpaired) electrons. The van der Waals surface area contributed by atoms with Crippen molar-refractivity contribution in [3.8, 4) is 0 Å². The molecule has 5 nitrogen and oxygen atoms in total. The summed E-state index contributed by atoms with van der Waals surface area (Å²) >= 11 is 4.51. The second-order valence-electron chi connectivity index (χ2n) is 4.64.